The highest BCUT2D eigenvalue weighted by molar-refractivity contribution is 4.81. The molecule has 0 amide bonds. The monoisotopic (exact) mass is 283 g/mol. The number of piperazine rings is 1. The SMILES string of the molecule is CCN1CCN(C(C)CC2CN(C(C)C)CCO2)CC1. The molecule has 2 heterocycles. The van der Waals surface area contributed by atoms with Gasteiger partial charge in [0.1, 0.15) is 0 Å². The number of hydrogen-bond donors (Lipinski definition) is 0. The second-order valence-corrected chi connectivity index (χ2v) is 6.64. The van der Waals surface area contributed by atoms with Crippen molar-refractivity contribution in [3.05, 3.63) is 0 Å². The molecule has 4 heteroatoms. The molecule has 2 aliphatic rings. The lowest BCUT2D eigenvalue weighted by Gasteiger charge is -2.41. The zero-order valence-electron chi connectivity index (χ0n) is 13.8. The van der Waals surface area contributed by atoms with E-state index < -0.39 is 0 Å². The van der Waals surface area contributed by atoms with Crippen molar-refractivity contribution >= 4 is 0 Å². The molecule has 0 N–H and O–H groups in total. The molecule has 20 heavy (non-hydrogen) atoms. The summed E-state index contributed by atoms with van der Waals surface area (Å²) in [5.74, 6) is 0. The van der Waals surface area contributed by atoms with Crippen LogP contribution < -0.4 is 0 Å². The highest BCUT2D eigenvalue weighted by atomic mass is 16.5. The van der Waals surface area contributed by atoms with Crippen molar-refractivity contribution in [2.24, 2.45) is 0 Å². The fourth-order valence-electron chi connectivity index (χ4n) is 3.40. The first kappa shape index (κ1) is 16.2. The van der Waals surface area contributed by atoms with Crippen LogP contribution in [0.5, 0.6) is 0 Å². The van der Waals surface area contributed by atoms with Crippen LogP contribution in [-0.4, -0.2) is 85.3 Å². The molecule has 2 atom stereocenters. The van der Waals surface area contributed by atoms with E-state index in [9.17, 15) is 0 Å². The minimum Gasteiger partial charge on any atom is -0.375 e. The molecule has 2 rings (SSSR count). The van der Waals surface area contributed by atoms with E-state index in [-0.39, 0.29) is 0 Å². The molecule has 0 radical (unpaired) electrons. The topological polar surface area (TPSA) is 19.0 Å². The Morgan fingerprint density at radius 2 is 1.70 bits per heavy atom. The molecular formula is C16H33N3O. The average molecular weight is 283 g/mol. The lowest BCUT2D eigenvalue weighted by atomic mass is 10.1. The fourth-order valence-corrected chi connectivity index (χ4v) is 3.40. The van der Waals surface area contributed by atoms with Crippen LogP contribution in [0.2, 0.25) is 0 Å². The van der Waals surface area contributed by atoms with E-state index in [1.165, 1.54) is 39.1 Å². The fraction of sp³-hybridized carbons (Fsp3) is 1.00. The summed E-state index contributed by atoms with van der Waals surface area (Å²) in [6.07, 6.45) is 1.60. The van der Waals surface area contributed by atoms with Crippen LogP contribution in [0.25, 0.3) is 0 Å². The minimum atomic E-state index is 0.422. The molecule has 2 saturated heterocycles. The summed E-state index contributed by atoms with van der Waals surface area (Å²) < 4.78 is 5.98. The molecule has 2 unspecified atom stereocenters. The average Bonchev–Trinajstić information content (AvgIpc) is 2.47. The Labute approximate surface area is 125 Å². The molecule has 0 aromatic rings. The van der Waals surface area contributed by atoms with Gasteiger partial charge in [0.15, 0.2) is 0 Å². The Balaban J connectivity index is 1.75. The van der Waals surface area contributed by atoms with Crippen molar-refractivity contribution in [2.75, 3.05) is 52.4 Å². The summed E-state index contributed by atoms with van der Waals surface area (Å²) in [6.45, 7) is 18.4. The van der Waals surface area contributed by atoms with E-state index >= 15 is 0 Å². The van der Waals surface area contributed by atoms with Crippen LogP contribution in [0.15, 0.2) is 0 Å². The van der Waals surface area contributed by atoms with E-state index in [4.69, 9.17) is 4.74 Å². The zero-order chi connectivity index (χ0) is 14.5. The summed E-state index contributed by atoms with van der Waals surface area (Å²) in [5.41, 5.74) is 0. The lowest BCUT2D eigenvalue weighted by Crippen LogP contribution is -2.52. The maximum Gasteiger partial charge on any atom is 0.0717 e. The molecule has 2 aliphatic heterocycles. The van der Waals surface area contributed by atoms with Crippen molar-refractivity contribution in [3.8, 4) is 0 Å². The molecular weight excluding hydrogens is 250 g/mol. The summed E-state index contributed by atoms with van der Waals surface area (Å²) >= 11 is 0. The van der Waals surface area contributed by atoms with Gasteiger partial charge in [-0.3, -0.25) is 9.80 Å². The van der Waals surface area contributed by atoms with Gasteiger partial charge in [-0.15, -0.1) is 0 Å². The quantitative estimate of drug-likeness (QED) is 0.761. The minimum absolute atomic E-state index is 0.422. The van der Waals surface area contributed by atoms with Gasteiger partial charge in [0.25, 0.3) is 0 Å². The van der Waals surface area contributed by atoms with Crippen molar-refractivity contribution in [1.82, 2.24) is 14.7 Å². The molecule has 118 valence electrons. The highest BCUT2D eigenvalue weighted by Crippen LogP contribution is 2.17. The van der Waals surface area contributed by atoms with E-state index in [0.717, 1.165) is 19.7 Å². The molecule has 0 spiro atoms. The van der Waals surface area contributed by atoms with Crippen LogP contribution in [-0.2, 0) is 4.74 Å². The van der Waals surface area contributed by atoms with Gasteiger partial charge in [0.05, 0.1) is 12.7 Å². The van der Waals surface area contributed by atoms with E-state index in [2.05, 4.69) is 42.4 Å². The standard InChI is InChI=1S/C16H33N3O/c1-5-17-6-8-18(9-7-17)15(4)12-16-13-19(14(2)3)10-11-20-16/h14-16H,5-13H2,1-4H3. The number of ether oxygens (including phenoxy) is 1. The van der Waals surface area contributed by atoms with Crippen LogP contribution in [0.3, 0.4) is 0 Å². The first-order valence-electron chi connectivity index (χ1n) is 8.42. The third-order valence-electron chi connectivity index (χ3n) is 4.98. The number of hydrogen-bond acceptors (Lipinski definition) is 4. The zero-order valence-corrected chi connectivity index (χ0v) is 13.8. The Morgan fingerprint density at radius 3 is 2.30 bits per heavy atom. The number of nitrogens with zero attached hydrogens (tertiary/aromatic N) is 3. The maximum atomic E-state index is 5.98. The molecule has 2 fully saturated rings. The second kappa shape index (κ2) is 7.74. The Hall–Kier alpha value is -0.160. The molecule has 0 bridgehead atoms. The van der Waals surface area contributed by atoms with Gasteiger partial charge in [-0.2, -0.15) is 0 Å². The van der Waals surface area contributed by atoms with Crippen molar-refractivity contribution < 1.29 is 4.74 Å². The summed E-state index contributed by atoms with van der Waals surface area (Å²) in [4.78, 5) is 7.74. The van der Waals surface area contributed by atoms with Crippen LogP contribution in [0.1, 0.15) is 34.1 Å². The van der Waals surface area contributed by atoms with Gasteiger partial charge in [-0.1, -0.05) is 6.92 Å². The van der Waals surface area contributed by atoms with Gasteiger partial charge in [0, 0.05) is 51.4 Å². The maximum absolute atomic E-state index is 5.98. The van der Waals surface area contributed by atoms with Gasteiger partial charge in [-0.25, -0.2) is 0 Å². The first-order chi connectivity index (χ1) is 9.60. The third-order valence-corrected chi connectivity index (χ3v) is 4.98. The Morgan fingerprint density at radius 1 is 1.00 bits per heavy atom. The van der Waals surface area contributed by atoms with Crippen LogP contribution in [0, 0.1) is 0 Å². The molecule has 0 aromatic carbocycles. The number of morpholine rings is 1. The van der Waals surface area contributed by atoms with Crippen molar-refractivity contribution in [2.45, 2.75) is 52.3 Å². The van der Waals surface area contributed by atoms with Gasteiger partial charge >= 0.3 is 0 Å². The van der Waals surface area contributed by atoms with E-state index in [1.54, 1.807) is 0 Å². The molecule has 0 aliphatic carbocycles. The van der Waals surface area contributed by atoms with Gasteiger partial charge in [-0.05, 0) is 33.7 Å². The normalized spacial score (nSPS) is 28.9. The van der Waals surface area contributed by atoms with Crippen molar-refractivity contribution in [1.29, 1.82) is 0 Å². The van der Waals surface area contributed by atoms with Crippen LogP contribution >= 0.6 is 0 Å². The summed E-state index contributed by atoms with van der Waals surface area (Å²) in [5, 5.41) is 0. The molecule has 0 saturated carbocycles. The van der Waals surface area contributed by atoms with Crippen molar-refractivity contribution in [3.63, 3.8) is 0 Å². The van der Waals surface area contributed by atoms with Gasteiger partial charge < -0.3 is 9.64 Å². The number of rotatable bonds is 5. The Bertz CT molecular complexity index is 277. The molecule has 0 aromatic heterocycles. The van der Waals surface area contributed by atoms with E-state index in [0.29, 0.717) is 18.2 Å². The summed E-state index contributed by atoms with van der Waals surface area (Å²) in [6, 6.07) is 1.29. The predicted octanol–water partition coefficient (Wildman–Crippen LogP) is 1.51. The highest BCUT2D eigenvalue weighted by Gasteiger charge is 2.27. The summed E-state index contributed by atoms with van der Waals surface area (Å²) in [7, 11) is 0. The molecule has 4 nitrogen and oxygen atoms in total. The third kappa shape index (κ3) is 4.42. The Kier molecular flexibility index (Phi) is 6.27. The lowest BCUT2D eigenvalue weighted by molar-refractivity contribution is -0.0536. The largest absolute Gasteiger partial charge is 0.375 e. The van der Waals surface area contributed by atoms with Crippen LogP contribution in [0.4, 0.5) is 0 Å². The van der Waals surface area contributed by atoms with E-state index in [1.807, 2.05) is 0 Å². The number of likely N-dealkylation sites (N-methyl/N-ethyl adjacent to an activating group) is 1. The van der Waals surface area contributed by atoms with Gasteiger partial charge in [0.2, 0.25) is 0 Å². The first-order valence-corrected chi connectivity index (χ1v) is 8.42. The second-order valence-electron chi connectivity index (χ2n) is 6.64. The smallest absolute Gasteiger partial charge is 0.0717 e. The predicted molar refractivity (Wildman–Crippen MR) is 84.2 cm³/mol.